The molecular weight excluding hydrogens is 180 g/mol. The van der Waals surface area contributed by atoms with Gasteiger partial charge in [0.05, 0.1) is 5.51 Å². The van der Waals surface area contributed by atoms with Crippen molar-refractivity contribution in [1.29, 1.82) is 0 Å². The molecule has 0 N–H and O–H groups in total. The number of thiazole rings is 1. The first-order chi connectivity index (χ1) is 6.34. The third-order valence-corrected chi connectivity index (χ3v) is 3.04. The highest BCUT2D eigenvalue weighted by molar-refractivity contribution is 7.09. The molecule has 1 aliphatic heterocycles. The second-order valence-electron chi connectivity index (χ2n) is 3.52. The van der Waals surface area contributed by atoms with Crippen LogP contribution in [0.2, 0.25) is 0 Å². The van der Waals surface area contributed by atoms with Gasteiger partial charge in [0.1, 0.15) is 0 Å². The van der Waals surface area contributed by atoms with Gasteiger partial charge < -0.3 is 0 Å². The molecule has 0 saturated carbocycles. The molecule has 0 aliphatic carbocycles. The molecule has 1 aliphatic rings. The number of hydrogen-bond donors (Lipinski definition) is 0. The van der Waals surface area contributed by atoms with E-state index in [1.54, 1.807) is 11.3 Å². The van der Waals surface area contributed by atoms with E-state index in [4.69, 9.17) is 0 Å². The summed E-state index contributed by atoms with van der Waals surface area (Å²) in [5, 5.41) is 0. The first kappa shape index (κ1) is 8.91. The van der Waals surface area contributed by atoms with Crippen molar-refractivity contribution in [2.45, 2.75) is 19.9 Å². The summed E-state index contributed by atoms with van der Waals surface area (Å²) in [6, 6.07) is 0. The SMILES string of the molecule is CC1=CCCN(Cc2cncs2)C1. The van der Waals surface area contributed by atoms with Gasteiger partial charge in [-0.3, -0.25) is 9.88 Å². The highest BCUT2D eigenvalue weighted by atomic mass is 32.1. The van der Waals surface area contributed by atoms with E-state index < -0.39 is 0 Å². The van der Waals surface area contributed by atoms with Crippen LogP contribution in [-0.4, -0.2) is 23.0 Å². The van der Waals surface area contributed by atoms with Crippen LogP contribution >= 0.6 is 11.3 Å². The lowest BCUT2D eigenvalue weighted by Gasteiger charge is -2.24. The lowest BCUT2D eigenvalue weighted by Crippen LogP contribution is -2.28. The first-order valence-corrected chi connectivity index (χ1v) is 5.48. The Morgan fingerprint density at radius 1 is 1.62 bits per heavy atom. The van der Waals surface area contributed by atoms with E-state index in [0.717, 1.165) is 13.1 Å². The second kappa shape index (κ2) is 4.03. The Balaban J connectivity index is 1.93. The van der Waals surface area contributed by atoms with Crippen molar-refractivity contribution >= 4 is 11.3 Å². The molecule has 0 aromatic carbocycles. The summed E-state index contributed by atoms with van der Waals surface area (Å²) in [4.78, 5) is 7.93. The van der Waals surface area contributed by atoms with Crippen molar-refractivity contribution in [1.82, 2.24) is 9.88 Å². The van der Waals surface area contributed by atoms with Crippen LogP contribution in [0, 0.1) is 0 Å². The molecule has 3 heteroatoms. The number of hydrogen-bond acceptors (Lipinski definition) is 3. The normalized spacial score (nSPS) is 18.7. The van der Waals surface area contributed by atoms with Gasteiger partial charge in [-0.05, 0) is 13.3 Å². The fraction of sp³-hybridized carbons (Fsp3) is 0.500. The van der Waals surface area contributed by atoms with Crippen molar-refractivity contribution in [2.24, 2.45) is 0 Å². The first-order valence-electron chi connectivity index (χ1n) is 4.60. The number of aromatic nitrogens is 1. The predicted octanol–water partition coefficient (Wildman–Crippen LogP) is 2.30. The smallest absolute Gasteiger partial charge is 0.0794 e. The predicted molar refractivity (Wildman–Crippen MR) is 55.8 cm³/mol. The van der Waals surface area contributed by atoms with Gasteiger partial charge >= 0.3 is 0 Å². The van der Waals surface area contributed by atoms with Gasteiger partial charge in [0, 0.05) is 30.7 Å². The van der Waals surface area contributed by atoms with Gasteiger partial charge in [-0.25, -0.2) is 0 Å². The molecule has 2 nitrogen and oxygen atoms in total. The van der Waals surface area contributed by atoms with E-state index in [0.29, 0.717) is 0 Å². The van der Waals surface area contributed by atoms with Crippen LogP contribution in [0.15, 0.2) is 23.4 Å². The molecule has 2 heterocycles. The highest BCUT2D eigenvalue weighted by Gasteiger charge is 2.10. The Hall–Kier alpha value is -0.670. The van der Waals surface area contributed by atoms with Gasteiger partial charge in [0.15, 0.2) is 0 Å². The maximum absolute atomic E-state index is 4.08. The van der Waals surface area contributed by atoms with Gasteiger partial charge in [0.2, 0.25) is 0 Å². The maximum atomic E-state index is 4.08. The molecule has 0 atom stereocenters. The molecule has 0 fully saturated rings. The third kappa shape index (κ3) is 2.39. The average molecular weight is 194 g/mol. The monoisotopic (exact) mass is 194 g/mol. The van der Waals surface area contributed by atoms with Crippen LogP contribution in [0.25, 0.3) is 0 Å². The third-order valence-electron chi connectivity index (χ3n) is 2.27. The van der Waals surface area contributed by atoms with E-state index in [9.17, 15) is 0 Å². The van der Waals surface area contributed by atoms with Crippen LogP contribution in [0.4, 0.5) is 0 Å². The molecule has 1 aromatic rings. The Morgan fingerprint density at radius 2 is 2.54 bits per heavy atom. The fourth-order valence-corrected chi connectivity index (χ4v) is 2.30. The van der Waals surface area contributed by atoms with Crippen LogP contribution in [0.5, 0.6) is 0 Å². The largest absolute Gasteiger partial charge is 0.294 e. The number of nitrogens with zero attached hydrogens (tertiary/aromatic N) is 2. The minimum Gasteiger partial charge on any atom is -0.294 e. The Bertz CT molecular complexity index is 290. The Labute approximate surface area is 82.9 Å². The summed E-state index contributed by atoms with van der Waals surface area (Å²) in [5.74, 6) is 0. The van der Waals surface area contributed by atoms with Gasteiger partial charge in [-0.15, -0.1) is 11.3 Å². The Kier molecular flexibility index (Phi) is 2.76. The molecule has 0 saturated heterocycles. The van der Waals surface area contributed by atoms with Gasteiger partial charge in [0.25, 0.3) is 0 Å². The molecule has 0 amide bonds. The van der Waals surface area contributed by atoms with Gasteiger partial charge in [-0.1, -0.05) is 11.6 Å². The van der Waals surface area contributed by atoms with Crippen LogP contribution in [0.3, 0.4) is 0 Å². The molecular formula is C10H14N2S. The fourth-order valence-electron chi connectivity index (χ4n) is 1.67. The maximum Gasteiger partial charge on any atom is 0.0794 e. The van der Waals surface area contributed by atoms with Gasteiger partial charge in [-0.2, -0.15) is 0 Å². The van der Waals surface area contributed by atoms with E-state index in [-0.39, 0.29) is 0 Å². The lowest BCUT2D eigenvalue weighted by molar-refractivity contribution is 0.284. The van der Waals surface area contributed by atoms with Crippen molar-refractivity contribution in [2.75, 3.05) is 13.1 Å². The zero-order valence-corrected chi connectivity index (χ0v) is 8.68. The minimum absolute atomic E-state index is 1.07. The van der Waals surface area contributed by atoms with Crippen molar-refractivity contribution in [3.63, 3.8) is 0 Å². The van der Waals surface area contributed by atoms with E-state index >= 15 is 0 Å². The van der Waals surface area contributed by atoms with Crippen LogP contribution in [-0.2, 0) is 6.54 Å². The summed E-state index contributed by atoms with van der Waals surface area (Å²) in [7, 11) is 0. The quantitative estimate of drug-likeness (QED) is 0.672. The minimum atomic E-state index is 1.07. The summed E-state index contributed by atoms with van der Waals surface area (Å²) in [6.45, 7) is 5.59. The van der Waals surface area contributed by atoms with E-state index in [1.165, 1.54) is 23.4 Å². The highest BCUT2D eigenvalue weighted by Crippen LogP contribution is 2.14. The zero-order valence-electron chi connectivity index (χ0n) is 7.86. The molecule has 13 heavy (non-hydrogen) atoms. The molecule has 0 unspecified atom stereocenters. The Morgan fingerprint density at radius 3 is 3.23 bits per heavy atom. The van der Waals surface area contributed by atoms with Crippen molar-refractivity contribution < 1.29 is 0 Å². The molecule has 0 bridgehead atoms. The standard InChI is InChI=1S/C10H14N2S/c1-9-3-2-4-12(6-9)7-10-5-11-8-13-10/h3,5,8H,2,4,6-7H2,1H3. The lowest BCUT2D eigenvalue weighted by atomic mass is 10.1. The summed E-state index contributed by atoms with van der Waals surface area (Å²) in [5.41, 5.74) is 3.40. The average Bonchev–Trinajstić information content (AvgIpc) is 2.57. The summed E-state index contributed by atoms with van der Waals surface area (Å²) in [6.07, 6.45) is 5.51. The van der Waals surface area contributed by atoms with Crippen molar-refractivity contribution in [3.05, 3.63) is 28.2 Å². The number of rotatable bonds is 2. The second-order valence-corrected chi connectivity index (χ2v) is 4.49. The molecule has 1 aromatic heterocycles. The summed E-state index contributed by atoms with van der Waals surface area (Å²) >= 11 is 1.75. The van der Waals surface area contributed by atoms with E-state index in [1.807, 2.05) is 11.7 Å². The van der Waals surface area contributed by atoms with E-state index in [2.05, 4.69) is 22.9 Å². The summed E-state index contributed by atoms with van der Waals surface area (Å²) < 4.78 is 0. The van der Waals surface area contributed by atoms with Crippen molar-refractivity contribution in [3.8, 4) is 0 Å². The molecule has 2 rings (SSSR count). The molecule has 0 spiro atoms. The molecule has 70 valence electrons. The van der Waals surface area contributed by atoms with Crippen LogP contribution in [0.1, 0.15) is 18.2 Å². The topological polar surface area (TPSA) is 16.1 Å². The van der Waals surface area contributed by atoms with Crippen LogP contribution < -0.4 is 0 Å². The zero-order chi connectivity index (χ0) is 9.10. The molecule has 0 radical (unpaired) electrons.